The molecule has 1 saturated carbocycles. The molecule has 0 amide bonds. The molecule has 0 aliphatic heterocycles. The molecule has 0 spiro atoms. The number of anilines is 2. The van der Waals surface area contributed by atoms with Crippen LogP contribution in [-0.2, 0) is 0 Å². The fourth-order valence-corrected chi connectivity index (χ4v) is 3.34. The van der Waals surface area contributed by atoms with Crippen molar-refractivity contribution in [2.45, 2.75) is 38.1 Å². The Labute approximate surface area is 122 Å². The Kier molecular flexibility index (Phi) is 4.62. The van der Waals surface area contributed by atoms with Crippen LogP contribution in [0.25, 0.3) is 0 Å². The number of nitrogens with zero attached hydrogens (tertiary/aromatic N) is 2. The molecule has 0 bridgehead atoms. The normalized spacial score (nSPS) is 27.1. The van der Waals surface area contributed by atoms with Crippen LogP contribution in [0.15, 0.2) is 10.8 Å². The molecule has 6 heteroatoms. The van der Waals surface area contributed by atoms with E-state index in [0.717, 1.165) is 35.4 Å². The van der Waals surface area contributed by atoms with Crippen LogP contribution in [0.1, 0.15) is 32.6 Å². The van der Waals surface area contributed by atoms with E-state index in [9.17, 15) is 5.11 Å². The molecule has 1 aromatic heterocycles. The highest BCUT2D eigenvalue weighted by Gasteiger charge is 2.35. The van der Waals surface area contributed by atoms with Gasteiger partial charge in [-0.15, -0.1) is 0 Å². The molecule has 0 aromatic carbocycles. The van der Waals surface area contributed by atoms with Crippen molar-refractivity contribution in [1.29, 1.82) is 0 Å². The Hall–Kier alpha value is -0.880. The molecular formula is C13H21BrN4O. The van der Waals surface area contributed by atoms with Gasteiger partial charge in [0.25, 0.3) is 0 Å². The predicted octanol–water partition coefficient (Wildman–Crippen LogP) is 2.63. The highest BCUT2D eigenvalue weighted by atomic mass is 79.9. The summed E-state index contributed by atoms with van der Waals surface area (Å²) < 4.78 is 0.809. The molecule has 1 heterocycles. The first-order valence-corrected chi connectivity index (χ1v) is 7.47. The highest BCUT2D eigenvalue weighted by Crippen LogP contribution is 2.36. The van der Waals surface area contributed by atoms with Crippen molar-refractivity contribution < 1.29 is 5.11 Å². The Morgan fingerprint density at radius 1 is 1.47 bits per heavy atom. The van der Waals surface area contributed by atoms with Crippen molar-refractivity contribution in [1.82, 2.24) is 9.97 Å². The molecule has 3 N–H and O–H groups in total. The lowest BCUT2D eigenvalue weighted by atomic mass is 9.77. The van der Waals surface area contributed by atoms with Crippen LogP contribution < -0.4 is 10.6 Å². The van der Waals surface area contributed by atoms with Gasteiger partial charge in [0, 0.05) is 7.05 Å². The van der Waals surface area contributed by atoms with Gasteiger partial charge in [-0.1, -0.05) is 19.8 Å². The van der Waals surface area contributed by atoms with E-state index in [4.69, 9.17) is 0 Å². The Bertz CT molecular complexity index is 443. The highest BCUT2D eigenvalue weighted by molar-refractivity contribution is 9.10. The monoisotopic (exact) mass is 328 g/mol. The van der Waals surface area contributed by atoms with Gasteiger partial charge < -0.3 is 15.7 Å². The number of rotatable bonds is 4. The summed E-state index contributed by atoms with van der Waals surface area (Å²) in [5.74, 6) is 2.11. The van der Waals surface area contributed by atoms with E-state index in [0.29, 0.717) is 5.92 Å². The molecule has 1 aliphatic rings. The number of hydrogen-bond donors (Lipinski definition) is 3. The zero-order valence-electron chi connectivity index (χ0n) is 11.4. The molecule has 106 valence electrons. The summed E-state index contributed by atoms with van der Waals surface area (Å²) in [4.78, 5) is 8.42. The van der Waals surface area contributed by atoms with Gasteiger partial charge in [0.05, 0.1) is 12.1 Å². The summed E-state index contributed by atoms with van der Waals surface area (Å²) in [6, 6.07) is 0. The first-order valence-electron chi connectivity index (χ1n) is 6.67. The van der Waals surface area contributed by atoms with Gasteiger partial charge in [0.15, 0.2) is 0 Å². The fraction of sp³-hybridized carbons (Fsp3) is 0.692. The Morgan fingerprint density at radius 2 is 2.21 bits per heavy atom. The van der Waals surface area contributed by atoms with Gasteiger partial charge in [-0.05, 0) is 34.7 Å². The van der Waals surface area contributed by atoms with Crippen LogP contribution in [0.5, 0.6) is 0 Å². The number of halogens is 1. The minimum Gasteiger partial charge on any atom is -0.394 e. The summed E-state index contributed by atoms with van der Waals surface area (Å²) in [6.07, 6.45) is 5.83. The van der Waals surface area contributed by atoms with Crippen molar-refractivity contribution in [2.75, 3.05) is 24.3 Å². The maximum Gasteiger partial charge on any atom is 0.146 e. The molecule has 1 aliphatic carbocycles. The third-order valence-corrected chi connectivity index (χ3v) is 4.56. The topological polar surface area (TPSA) is 70.1 Å². The average Bonchev–Trinajstić information content (AvgIpc) is 2.41. The Balaban J connectivity index is 2.23. The second-order valence-corrected chi connectivity index (χ2v) is 6.19. The molecule has 1 fully saturated rings. The van der Waals surface area contributed by atoms with Gasteiger partial charge >= 0.3 is 0 Å². The molecule has 2 rings (SSSR count). The van der Waals surface area contributed by atoms with Gasteiger partial charge in [-0.3, -0.25) is 0 Å². The smallest absolute Gasteiger partial charge is 0.146 e. The van der Waals surface area contributed by atoms with E-state index in [-0.39, 0.29) is 12.1 Å². The second-order valence-electron chi connectivity index (χ2n) is 5.40. The molecule has 2 atom stereocenters. The van der Waals surface area contributed by atoms with Gasteiger partial charge in [-0.2, -0.15) is 0 Å². The summed E-state index contributed by atoms with van der Waals surface area (Å²) in [5.41, 5.74) is -0.264. The third-order valence-electron chi connectivity index (χ3n) is 3.80. The largest absolute Gasteiger partial charge is 0.394 e. The number of aromatic nitrogens is 2. The van der Waals surface area contributed by atoms with Crippen molar-refractivity contribution in [3.05, 3.63) is 10.8 Å². The molecule has 1 aromatic rings. The van der Waals surface area contributed by atoms with Crippen LogP contribution in [0.3, 0.4) is 0 Å². The van der Waals surface area contributed by atoms with Crippen LogP contribution in [0, 0.1) is 5.92 Å². The van der Waals surface area contributed by atoms with Gasteiger partial charge in [-0.25, -0.2) is 9.97 Å². The van der Waals surface area contributed by atoms with E-state index in [1.807, 2.05) is 7.05 Å². The molecule has 0 saturated heterocycles. The first kappa shape index (κ1) is 14.5. The van der Waals surface area contributed by atoms with E-state index >= 15 is 0 Å². The van der Waals surface area contributed by atoms with Crippen molar-refractivity contribution >= 4 is 27.6 Å². The van der Waals surface area contributed by atoms with E-state index in [1.165, 1.54) is 12.7 Å². The molecule has 2 unspecified atom stereocenters. The zero-order valence-corrected chi connectivity index (χ0v) is 13.0. The summed E-state index contributed by atoms with van der Waals surface area (Å²) >= 11 is 3.51. The van der Waals surface area contributed by atoms with Crippen molar-refractivity contribution in [3.8, 4) is 0 Å². The average molecular weight is 329 g/mol. The summed E-state index contributed by atoms with van der Waals surface area (Å²) in [7, 11) is 1.82. The lowest BCUT2D eigenvalue weighted by molar-refractivity contribution is 0.149. The van der Waals surface area contributed by atoms with Crippen molar-refractivity contribution in [2.24, 2.45) is 5.92 Å². The number of aliphatic hydroxyl groups is 1. The number of hydrogen-bond acceptors (Lipinski definition) is 5. The molecule has 5 nitrogen and oxygen atoms in total. The Morgan fingerprint density at radius 3 is 2.84 bits per heavy atom. The predicted molar refractivity (Wildman–Crippen MR) is 80.4 cm³/mol. The minimum absolute atomic E-state index is 0.128. The van der Waals surface area contributed by atoms with E-state index in [1.54, 1.807) is 0 Å². The van der Waals surface area contributed by atoms with Crippen LogP contribution in [0.2, 0.25) is 0 Å². The van der Waals surface area contributed by atoms with Crippen molar-refractivity contribution in [3.63, 3.8) is 0 Å². The lowest BCUT2D eigenvalue weighted by Crippen LogP contribution is -2.46. The van der Waals surface area contributed by atoms with Crippen LogP contribution in [0.4, 0.5) is 11.6 Å². The third kappa shape index (κ3) is 3.17. The van der Waals surface area contributed by atoms with E-state index < -0.39 is 0 Å². The van der Waals surface area contributed by atoms with Crippen LogP contribution >= 0.6 is 15.9 Å². The SMILES string of the molecule is CNc1ncnc(NC2(CO)CCCC(C)C2)c1Br. The number of nitrogens with one attached hydrogen (secondary N) is 2. The lowest BCUT2D eigenvalue weighted by Gasteiger charge is -2.40. The minimum atomic E-state index is -0.264. The maximum absolute atomic E-state index is 9.80. The summed E-state index contributed by atoms with van der Waals surface area (Å²) in [5, 5.41) is 16.2. The summed E-state index contributed by atoms with van der Waals surface area (Å²) in [6.45, 7) is 2.36. The van der Waals surface area contributed by atoms with Crippen LogP contribution in [-0.4, -0.2) is 34.3 Å². The molecule has 19 heavy (non-hydrogen) atoms. The number of aliphatic hydroxyl groups excluding tert-OH is 1. The zero-order chi connectivity index (χ0) is 13.9. The molecular weight excluding hydrogens is 308 g/mol. The fourth-order valence-electron chi connectivity index (χ4n) is 2.84. The standard InChI is InChI=1S/C13H21BrN4O/c1-9-4-3-5-13(6-9,7-19)18-12-10(14)11(15-2)16-8-17-12/h8-9,19H,3-7H2,1-2H3,(H2,15,16,17,18). The first-order chi connectivity index (χ1) is 9.10. The maximum atomic E-state index is 9.80. The molecule has 0 radical (unpaired) electrons. The quantitative estimate of drug-likeness (QED) is 0.792. The van der Waals surface area contributed by atoms with Gasteiger partial charge in [0.1, 0.15) is 22.4 Å². The van der Waals surface area contributed by atoms with Gasteiger partial charge in [0.2, 0.25) is 0 Å². The second kappa shape index (κ2) is 6.05. The van der Waals surface area contributed by atoms with E-state index in [2.05, 4.69) is 43.5 Å².